The lowest BCUT2D eigenvalue weighted by atomic mass is 10.1. The van der Waals surface area contributed by atoms with Crippen molar-refractivity contribution in [3.05, 3.63) is 52.5 Å². The van der Waals surface area contributed by atoms with Gasteiger partial charge in [-0.1, -0.05) is 30.0 Å². The third-order valence-electron chi connectivity index (χ3n) is 2.47. The highest BCUT2D eigenvalue weighted by Gasteiger charge is 2.07. The Hall–Kier alpha value is -1.26. The average Bonchev–Trinajstić information content (AvgIpc) is 2.34. The maximum absolute atomic E-state index is 11.3. The predicted octanol–water partition coefficient (Wildman–Crippen LogP) is 4.39. The average molecular weight is 322 g/mol. The zero-order valence-electron chi connectivity index (χ0n) is 9.81. The molecule has 0 saturated heterocycles. The number of hydrogen-bond acceptors (Lipinski definition) is 3. The quantitative estimate of drug-likeness (QED) is 0.673. The molecule has 0 aliphatic rings. The molecule has 2 rings (SSSR count). The van der Waals surface area contributed by atoms with Gasteiger partial charge in [0.05, 0.1) is 0 Å². The summed E-state index contributed by atoms with van der Waals surface area (Å²) in [4.78, 5) is 13.3. The number of nitrogens with two attached hydrogens (primary N) is 1. The molecule has 2 N–H and O–H groups in total. The van der Waals surface area contributed by atoms with Gasteiger partial charge in [0, 0.05) is 25.5 Å². The number of nitrogen functional groups attached to an aromatic ring is 1. The van der Waals surface area contributed by atoms with E-state index in [1.807, 2.05) is 30.3 Å². The van der Waals surface area contributed by atoms with E-state index in [0.717, 1.165) is 14.3 Å². The summed E-state index contributed by atoms with van der Waals surface area (Å²) in [6, 6.07) is 13.4. The summed E-state index contributed by atoms with van der Waals surface area (Å²) in [6.07, 6.45) is 0. The van der Waals surface area contributed by atoms with Gasteiger partial charge in [-0.2, -0.15) is 0 Å². The highest BCUT2D eigenvalue weighted by Crippen LogP contribution is 2.36. The molecular weight excluding hydrogens is 310 g/mol. The first-order valence-corrected chi connectivity index (χ1v) is 7.01. The summed E-state index contributed by atoms with van der Waals surface area (Å²) in [5, 5.41) is 0. The first-order valence-electron chi connectivity index (χ1n) is 5.41. The van der Waals surface area contributed by atoms with Crippen LogP contribution in [-0.2, 0) is 0 Å². The van der Waals surface area contributed by atoms with Crippen molar-refractivity contribution < 1.29 is 4.79 Å². The number of carbonyl (C=O) groups is 1. The first-order chi connectivity index (χ1) is 8.58. The molecule has 0 fully saturated rings. The highest BCUT2D eigenvalue weighted by molar-refractivity contribution is 9.10. The van der Waals surface area contributed by atoms with E-state index in [2.05, 4.69) is 15.9 Å². The summed E-state index contributed by atoms with van der Waals surface area (Å²) >= 11 is 5.08. The van der Waals surface area contributed by atoms with Crippen LogP contribution in [0.15, 0.2) is 56.7 Å². The first kappa shape index (κ1) is 13.2. The fraction of sp³-hybridized carbons (Fsp3) is 0.0714. The summed E-state index contributed by atoms with van der Waals surface area (Å²) < 4.78 is 1.03. The van der Waals surface area contributed by atoms with E-state index in [0.29, 0.717) is 11.3 Å². The number of hydrogen-bond donors (Lipinski definition) is 1. The Balaban J connectivity index is 2.30. The Morgan fingerprint density at radius 1 is 1.17 bits per heavy atom. The van der Waals surface area contributed by atoms with Crippen LogP contribution in [0.3, 0.4) is 0 Å². The number of benzene rings is 2. The summed E-state index contributed by atoms with van der Waals surface area (Å²) in [6.45, 7) is 1.54. The predicted molar refractivity (Wildman–Crippen MR) is 79.1 cm³/mol. The standard InChI is InChI=1S/C14H12BrNOS/c1-9(17)10-6-7-14(12(16)8-10)18-13-5-3-2-4-11(13)15/h2-8H,16H2,1H3. The van der Waals surface area contributed by atoms with Gasteiger partial charge < -0.3 is 5.73 Å². The minimum absolute atomic E-state index is 0.0270. The Bertz CT molecular complexity index is 598. The van der Waals surface area contributed by atoms with Gasteiger partial charge in [0.2, 0.25) is 0 Å². The van der Waals surface area contributed by atoms with Gasteiger partial charge in [0.1, 0.15) is 0 Å². The Kier molecular flexibility index (Phi) is 4.09. The minimum atomic E-state index is 0.0270. The molecule has 0 aliphatic heterocycles. The van der Waals surface area contributed by atoms with Crippen LogP contribution in [0.5, 0.6) is 0 Å². The molecule has 0 amide bonds. The number of rotatable bonds is 3. The largest absolute Gasteiger partial charge is 0.398 e. The van der Waals surface area contributed by atoms with Gasteiger partial charge in [0.25, 0.3) is 0 Å². The van der Waals surface area contributed by atoms with Crippen molar-refractivity contribution in [3.8, 4) is 0 Å². The van der Waals surface area contributed by atoms with Gasteiger partial charge >= 0.3 is 0 Å². The molecule has 0 aromatic heterocycles. The molecule has 0 heterocycles. The van der Waals surface area contributed by atoms with Gasteiger partial charge in [-0.25, -0.2) is 0 Å². The topological polar surface area (TPSA) is 43.1 Å². The lowest BCUT2D eigenvalue weighted by molar-refractivity contribution is 0.101. The fourth-order valence-electron chi connectivity index (χ4n) is 1.51. The number of carbonyl (C=O) groups excluding carboxylic acids is 1. The van der Waals surface area contributed by atoms with Crippen LogP contribution in [0, 0.1) is 0 Å². The van der Waals surface area contributed by atoms with Crippen LogP contribution in [-0.4, -0.2) is 5.78 Å². The molecule has 0 bridgehead atoms. The smallest absolute Gasteiger partial charge is 0.159 e. The molecule has 18 heavy (non-hydrogen) atoms. The van der Waals surface area contributed by atoms with Crippen LogP contribution in [0.1, 0.15) is 17.3 Å². The Labute approximate surface area is 119 Å². The summed E-state index contributed by atoms with van der Waals surface area (Å²) in [7, 11) is 0. The second-order valence-electron chi connectivity index (χ2n) is 3.84. The maximum Gasteiger partial charge on any atom is 0.159 e. The molecule has 92 valence electrons. The lowest BCUT2D eigenvalue weighted by Gasteiger charge is -2.08. The van der Waals surface area contributed by atoms with E-state index in [9.17, 15) is 4.79 Å². The van der Waals surface area contributed by atoms with Gasteiger partial charge in [0.15, 0.2) is 5.78 Å². The molecule has 0 radical (unpaired) electrons. The summed E-state index contributed by atoms with van der Waals surface area (Å²) in [5.74, 6) is 0.0270. The van der Waals surface area contributed by atoms with Crippen molar-refractivity contribution >= 4 is 39.2 Å². The second kappa shape index (κ2) is 5.59. The van der Waals surface area contributed by atoms with Crippen LogP contribution in [0.2, 0.25) is 0 Å². The van der Waals surface area contributed by atoms with E-state index in [-0.39, 0.29) is 5.78 Å². The lowest BCUT2D eigenvalue weighted by Crippen LogP contribution is -1.96. The molecule has 0 spiro atoms. The van der Waals surface area contributed by atoms with Gasteiger partial charge in [-0.3, -0.25) is 4.79 Å². The zero-order valence-corrected chi connectivity index (χ0v) is 12.2. The molecule has 0 saturated carbocycles. The molecule has 2 aromatic rings. The molecule has 2 aromatic carbocycles. The SMILES string of the molecule is CC(=O)c1ccc(Sc2ccccc2Br)c(N)c1. The molecule has 0 aliphatic carbocycles. The van der Waals surface area contributed by atoms with Crippen LogP contribution < -0.4 is 5.73 Å². The third-order valence-corrected chi connectivity index (χ3v) is 4.59. The monoisotopic (exact) mass is 321 g/mol. The number of halogens is 1. The third kappa shape index (κ3) is 2.94. The zero-order chi connectivity index (χ0) is 13.1. The second-order valence-corrected chi connectivity index (χ2v) is 5.78. The van der Waals surface area contributed by atoms with Crippen molar-refractivity contribution in [2.24, 2.45) is 0 Å². The molecular formula is C14H12BrNOS. The van der Waals surface area contributed by atoms with Crippen LogP contribution in [0.25, 0.3) is 0 Å². The summed E-state index contributed by atoms with van der Waals surface area (Å²) in [5.41, 5.74) is 7.24. The van der Waals surface area contributed by atoms with Crippen LogP contribution >= 0.6 is 27.7 Å². The Morgan fingerprint density at radius 3 is 2.50 bits per heavy atom. The van der Waals surface area contributed by atoms with Crippen molar-refractivity contribution in [3.63, 3.8) is 0 Å². The van der Waals surface area contributed by atoms with Gasteiger partial charge in [-0.15, -0.1) is 0 Å². The number of anilines is 1. The van der Waals surface area contributed by atoms with Gasteiger partial charge in [-0.05, 0) is 47.1 Å². The highest BCUT2D eigenvalue weighted by atomic mass is 79.9. The van der Waals surface area contributed by atoms with Crippen LogP contribution in [0.4, 0.5) is 5.69 Å². The fourth-order valence-corrected chi connectivity index (χ4v) is 2.90. The normalized spacial score (nSPS) is 10.3. The number of ketones is 1. The molecule has 4 heteroatoms. The van der Waals surface area contributed by atoms with Crippen molar-refractivity contribution in [1.82, 2.24) is 0 Å². The molecule has 0 atom stereocenters. The van der Waals surface area contributed by atoms with E-state index >= 15 is 0 Å². The van der Waals surface area contributed by atoms with Crippen molar-refractivity contribution in [2.75, 3.05) is 5.73 Å². The minimum Gasteiger partial charge on any atom is -0.398 e. The van der Waals surface area contributed by atoms with Crippen molar-refractivity contribution in [2.45, 2.75) is 16.7 Å². The van der Waals surface area contributed by atoms with Crippen molar-refractivity contribution in [1.29, 1.82) is 0 Å². The maximum atomic E-state index is 11.3. The number of Topliss-reactive ketones (excluding diaryl/α,β-unsaturated/α-hetero) is 1. The van der Waals surface area contributed by atoms with E-state index < -0.39 is 0 Å². The Morgan fingerprint density at radius 2 is 1.89 bits per heavy atom. The van der Waals surface area contributed by atoms with E-state index in [4.69, 9.17) is 5.73 Å². The van der Waals surface area contributed by atoms with E-state index in [1.165, 1.54) is 6.92 Å². The molecule has 0 unspecified atom stereocenters. The molecule has 2 nitrogen and oxygen atoms in total. The van der Waals surface area contributed by atoms with E-state index in [1.54, 1.807) is 23.9 Å².